The molecule has 2 aromatic rings. The maximum absolute atomic E-state index is 11.9. The average molecular weight is 282 g/mol. The molecule has 4 nitrogen and oxygen atoms in total. The molecule has 0 aliphatic heterocycles. The second kappa shape index (κ2) is 6.59. The fraction of sp³-hybridized carbons (Fsp3) is 0.357. The van der Waals surface area contributed by atoms with Crippen molar-refractivity contribution in [1.82, 2.24) is 9.88 Å². The molecule has 1 heterocycles. The third kappa shape index (κ3) is 3.28. The third-order valence-corrected chi connectivity index (χ3v) is 3.28. The predicted molar refractivity (Wildman–Crippen MR) is 80.5 cm³/mol. The lowest BCUT2D eigenvalue weighted by molar-refractivity contribution is -0.131. The van der Waals surface area contributed by atoms with Crippen LogP contribution in [0.2, 0.25) is 0 Å². The van der Waals surface area contributed by atoms with Crippen molar-refractivity contribution in [3.05, 3.63) is 36.0 Å². The van der Waals surface area contributed by atoms with E-state index in [1.807, 2.05) is 37.4 Å². The SMILES string of the molecule is CCN(C)C(=O)[C@@H](N)Cc1c[nH]c2ccccc12.Cl. The molecule has 104 valence electrons. The number of aromatic amines is 1. The van der Waals surface area contributed by atoms with Crippen LogP contribution in [0, 0.1) is 0 Å². The minimum Gasteiger partial charge on any atom is -0.361 e. The number of carbonyl (C=O) groups is 1. The van der Waals surface area contributed by atoms with Crippen LogP contribution >= 0.6 is 12.4 Å². The molecule has 0 radical (unpaired) electrons. The van der Waals surface area contributed by atoms with E-state index >= 15 is 0 Å². The Labute approximate surface area is 119 Å². The standard InChI is InChI=1S/C14H19N3O.ClH/c1-3-17(2)14(18)12(15)8-10-9-16-13-7-5-4-6-11(10)13;/h4-7,9,12,16H,3,8,15H2,1-2H3;1H/t12-;/m0./s1. The van der Waals surface area contributed by atoms with Crippen LogP contribution < -0.4 is 5.73 Å². The van der Waals surface area contributed by atoms with Gasteiger partial charge in [-0.3, -0.25) is 4.79 Å². The summed E-state index contributed by atoms with van der Waals surface area (Å²) in [5, 5.41) is 1.14. The van der Waals surface area contributed by atoms with Crippen molar-refractivity contribution >= 4 is 29.2 Å². The first-order valence-corrected chi connectivity index (χ1v) is 6.19. The van der Waals surface area contributed by atoms with E-state index in [-0.39, 0.29) is 18.3 Å². The molecular formula is C14H20ClN3O. The third-order valence-electron chi connectivity index (χ3n) is 3.28. The Balaban J connectivity index is 0.00000180. The molecule has 0 saturated carbocycles. The zero-order valence-corrected chi connectivity index (χ0v) is 12.0. The second-order valence-corrected chi connectivity index (χ2v) is 4.52. The van der Waals surface area contributed by atoms with Crippen LogP contribution in [0.4, 0.5) is 0 Å². The molecule has 0 saturated heterocycles. The summed E-state index contributed by atoms with van der Waals surface area (Å²) in [7, 11) is 1.78. The first-order chi connectivity index (χ1) is 8.63. The number of amides is 1. The molecule has 0 bridgehead atoms. The topological polar surface area (TPSA) is 62.1 Å². The number of para-hydroxylation sites is 1. The number of rotatable bonds is 4. The Morgan fingerprint density at radius 1 is 1.42 bits per heavy atom. The van der Waals surface area contributed by atoms with Gasteiger partial charge < -0.3 is 15.6 Å². The lowest BCUT2D eigenvalue weighted by atomic mass is 10.0. The molecule has 0 aliphatic rings. The Morgan fingerprint density at radius 2 is 2.11 bits per heavy atom. The van der Waals surface area contributed by atoms with Crippen LogP contribution in [-0.4, -0.2) is 35.4 Å². The largest absolute Gasteiger partial charge is 0.361 e. The number of nitrogens with two attached hydrogens (primary N) is 1. The molecule has 3 N–H and O–H groups in total. The minimum atomic E-state index is -0.478. The predicted octanol–water partition coefficient (Wildman–Crippen LogP) is 1.94. The Hall–Kier alpha value is -1.52. The fourth-order valence-corrected chi connectivity index (χ4v) is 2.06. The van der Waals surface area contributed by atoms with Gasteiger partial charge in [0.25, 0.3) is 0 Å². The molecule has 0 fully saturated rings. The van der Waals surface area contributed by atoms with Gasteiger partial charge in [0.05, 0.1) is 6.04 Å². The number of hydrogen-bond donors (Lipinski definition) is 2. The molecule has 1 atom stereocenters. The highest BCUT2D eigenvalue weighted by molar-refractivity contribution is 5.86. The molecule has 0 unspecified atom stereocenters. The summed E-state index contributed by atoms with van der Waals surface area (Å²) in [5.41, 5.74) is 8.14. The van der Waals surface area contributed by atoms with Gasteiger partial charge in [0, 0.05) is 30.7 Å². The number of nitrogens with one attached hydrogen (secondary N) is 1. The van der Waals surface area contributed by atoms with E-state index in [0.717, 1.165) is 16.5 Å². The van der Waals surface area contributed by atoms with Gasteiger partial charge in [0.2, 0.25) is 5.91 Å². The highest BCUT2D eigenvalue weighted by Gasteiger charge is 2.18. The average Bonchev–Trinajstić information content (AvgIpc) is 2.80. The van der Waals surface area contributed by atoms with Crippen molar-refractivity contribution in [2.75, 3.05) is 13.6 Å². The molecule has 2 rings (SSSR count). The number of carbonyl (C=O) groups excluding carboxylic acids is 1. The summed E-state index contributed by atoms with van der Waals surface area (Å²) in [6.45, 7) is 2.62. The molecule has 1 aromatic carbocycles. The Kier molecular flexibility index (Phi) is 5.39. The number of fused-ring (bicyclic) bond motifs is 1. The van der Waals surface area contributed by atoms with Crippen molar-refractivity contribution in [2.24, 2.45) is 5.73 Å². The number of H-pyrrole nitrogens is 1. The molecule has 1 aromatic heterocycles. The molecule has 5 heteroatoms. The maximum Gasteiger partial charge on any atom is 0.239 e. The zero-order valence-electron chi connectivity index (χ0n) is 11.2. The van der Waals surface area contributed by atoms with Gasteiger partial charge in [-0.1, -0.05) is 18.2 Å². The van der Waals surface area contributed by atoms with Crippen molar-refractivity contribution in [3.8, 4) is 0 Å². The Morgan fingerprint density at radius 3 is 2.79 bits per heavy atom. The van der Waals surface area contributed by atoms with Crippen LogP contribution in [0.25, 0.3) is 10.9 Å². The second-order valence-electron chi connectivity index (χ2n) is 4.52. The van der Waals surface area contributed by atoms with Gasteiger partial charge >= 0.3 is 0 Å². The van der Waals surface area contributed by atoms with E-state index in [1.165, 1.54) is 0 Å². The first kappa shape index (κ1) is 15.5. The number of aromatic nitrogens is 1. The summed E-state index contributed by atoms with van der Waals surface area (Å²) in [6, 6.07) is 7.56. The summed E-state index contributed by atoms with van der Waals surface area (Å²) >= 11 is 0. The van der Waals surface area contributed by atoms with Gasteiger partial charge in [0.1, 0.15) is 0 Å². The van der Waals surface area contributed by atoms with Crippen molar-refractivity contribution in [1.29, 1.82) is 0 Å². The summed E-state index contributed by atoms with van der Waals surface area (Å²) in [6.07, 6.45) is 2.50. The lowest BCUT2D eigenvalue weighted by Gasteiger charge is -2.19. The van der Waals surface area contributed by atoms with Gasteiger partial charge in [-0.05, 0) is 25.0 Å². The van der Waals surface area contributed by atoms with E-state index in [1.54, 1.807) is 11.9 Å². The zero-order chi connectivity index (χ0) is 13.1. The van der Waals surface area contributed by atoms with Crippen LogP contribution in [-0.2, 0) is 11.2 Å². The van der Waals surface area contributed by atoms with Gasteiger partial charge in [-0.2, -0.15) is 0 Å². The Bertz CT molecular complexity index is 552. The lowest BCUT2D eigenvalue weighted by Crippen LogP contribution is -2.42. The molecule has 1 amide bonds. The number of hydrogen-bond acceptors (Lipinski definition) is 2. The summed E-state index contributed by atoms with van der Waals surface area (Å²) in [4.78, 5) is 16.8. The van der Waals surface area contributed by atoms with Gasteiger partial charge in [0.15, 0.2) is 0 Å². The normalized spacial score (nSPS) is 11.9. The smallest absolute Gasteiger partial charge is 0.239 e. The minimum absolute atomic E-state index is 0. The van der Waals surface area contributed by atoms with Gasteiger partial charge in [-0.25, -0.2) is 0 Å². The molecular weight excluding hydrogens is 262 g/mol. The van der Waals surface area contributed by atoms with Crippen molar-refractivity contribution in [3.63, 3.8) is 0 Å². The maximum atomic E-state index is 11.9. The molecule has 19 heavy (non-hydrogen) atoms. The van der Waals surface area contributed by atoms with Gasteiger partial charge in [-0.15, -0.1) is 12.4 Å². The highest BCUT2D eigenvalue weighted by atomic mass is 35.5. The summed E-state index contributed by atoms with van der Waals surface area (Å²) < 4.78 is 0. The molecule has 0 aliphatic carbocycles. The van der Waals surface area contributed by atoms with E-state index in [4.69, 9.17) is 5.73 Å². The number of nitrogens with zero attached hydrogens (tertiary/aromatic N) is 1. The fourth-order valence-electron chi connectivity index (χ4n) is 2.06. The van der Waals surface area contributed by atoms with Crippen LogP contribution in [0.1, 0.15) is 12.5 Å². The molecule has 0 spiro atoms. The van der Waals surface area contributed by atoms with E-state index < -0.39 is 6.04 Å². The summed E-state index contributed by atoms with van der Waals surface area (Å²) in [5.74, 6) is -0.0113. The monoisotopic (exact) mass is 281 g/mol. The number of likely N-dealkylation sites (N-methyl/N-ethyl adjacent to an activating group) is 1. The van der Waals surface area contributed by atoms with E-state index in [2.05, 4.69) is 4.98 Å². The number of halogens is 1. The first-order valence-electron chi connectivity index (χ1n) is 6.19. The number of benzene rings is 1. The van der Waals surface area contributed by atoms with Crippen LogP contribution in [0.3, 0.4) is 0 Å². The van der Waals surface area contributed by atoms with E-state index in [0.29, 0.717) is 13.0 Å². The highest BCUT2D eigenvalue weighted by Crippen LogP contribution is 2.18. The van der Waals surface area contributed by atoms with Crippen molar-refractivity contribution < 1.29 is 4.79 Å². The quantitative estimate of drug-likeness (QED) is 0.900. The van der Waals surface area contributed by atoms with Crippen molar-refractivity contribution in [2.45, 2.75) is 19.4 Å². The van der Waals surface area contributed by atoms with E-state index in [9.17, 15) is 4.79 Å². The van der Waals surface area contributed by atoms with Crippen LogP contribution in [0.15, 0.2) is 30.5 Å². The van der Waals surface area contributed by atoms with Crippen LogP contribution in [0.5, 0.6) is 0 Å².